The van der Waals surface area contributed by atoms with Crippen molar-refractivity contribution >= 4 is 0 Å². The second-order valence-corrected chi connectivity index (χ2v) is 23.8. The first-order valence-corrected chi connectivity index (χ1v) is 26.8. The van der Waals surface area contributed by atoms with Crippen molar-refractivity contribution in [3.8, 4) is 0 Å². The van der Waals surface area contributed by atoms with Gasteiger partial charge in [0.15, 0.2) is 30.9 Å². The molecule has 0 aromatic heterocycles. The third-order valence-electron chi connectivity index (χ3n) is 19.5. The van der Waals surface area contributed by atoms with E-state index < -0.39 is 148 Å². The second-order valence-electron chi connectivity index (χ2n) is 23.8. The molecule has 4 aliphatic carbocycles. The first-order valence-electron chi connectivity index (χ1n) is 26.8. The van der Waals surface area contributed by atoms with Gasteiger partial charge in [-0.05, 0) is 106 Å². The van der Waals surface area contributed by atoms with Crippen LogP contribution < -0.4 is 0 Å². The molecule has 0 bridgehead atoms. The third-order valence-corrected chi connectivity index (χ3v) is 19.5. The Labute approximate surface area is 426 Å². The van der Waals surface area contributed by atoms with Crippen LogP contribution in [0.4, 0.5) is 0 Å². The minimum atomic E-state index is -1.75. The van der Waals surface area contributed by atoms with Crippen molar-refractivity contribution in [2.75, 3.05) is 19.8 Å². The van der Waals surface area contributed by atoms with Gasteiger partial charge in [0, 0.05) is 12.3 Å². The smallest absolute Gasteiger partial charge is 0.187 e. The summed E-state index contributed by atoms with van der Waals surface area (Å²) >= 11 is 0. The van der Waals surface area contributed by atoms with E-state index in [0.29, 0.717) is 43.4 Å². The van der Waals surface area contributed by atoms with Gasteiger partial charge in [0.25, 0.3) is 0 Å². The van der Waals surface area contributed by atoms with Gasteiger partial charge in [-0.15, -0.1) is 0 Å². The van der Waals surface area contributed by atoms with Crippen molar-refractivity contribution in [2.45, 2.75) is 240 Å². The number of fused-ring (bicyclic) bond motifs is 7. The van der Waals surface area contributed by atoms with Crippen LogP contribution in [-0.2, 0) is 42.6 Å². The Bertz CT molecular complexity index is 1900. The lowest BCUT2D eigenvalue weighted by Gasteiger charge is -2.58. The van der Waals surface area contributed by atoms with Crippen molar-refractivity contribution in [3.63, 3.8) is 0 Å². The molecular formula is C51H84O22. The average molecular weight is 1050 g/mol. The van der Waals surface area contributed by atoms with Crippen LogP contribution in [-0.4, -0.2) is 227 Å². The highest BCUT2D eigenvalue weighted by Gasteiger charge is 2.68. The van der Waals surface area contributed by atoms with Gasteiger partial charge < -0.3 is 109 Å². The van der Waals surface area contributed by atoms with E-state index in [9.17, 15) is 66.4 Å². The molecule has 5 heterocycles. The van der Waals surface area contributed by atoms with Crippen molar-refractivity contribution in [3.05, 3.63) is 11.6 Å². The maximum atomic E-state index is 12.1. The summed E-state index contributed by atoms with van der Waals surface area (Å²) < 4.78 is 54.6. The van der Waals surface area contributed by atoms with E-state index in [1.165, 1.54) is 19.4 Å². The number of aliphatic hydroxyl groups is 13. The molecule has 22 nitrogen and oxygen atoms in total. The highest BCUT2D eigenvalue weighted by Crippen LogP contribution is 2.70. The van der Waals surface area contributed by atoms with Crippen LogP contribution in [0.2, 0.25) is 0 Å². The topological polar surface area (TPSA) is 346 Å². The van der Waals surface area contributed by atoms with Crippen LogP contribution >= 0.6 is 0 Å². The maximum Gasteiger partial charge on any atom is 0.187 e. The van der Waals surface area contributed by atoms with Crippen LogP contribution in [0.15, 0.2) is 11.6 Å². The fourth-order valence-electron chi connectivity index (χ4n) is 14.9. The summed E-state index contributed by atoms with van der Waals surface area (Å²) in [5.74, 6) is -0.232. The van der Waals surface area contributed by atoms with E-state index in [1.54, 1.807) is 0 Å². The fraction of sp³-hybridized carbons (Fsp3) is 0.961. The first-order chi connectivity index (χ1) is 34.5. The molecule has 22 heteroatoms. The van der Waals surface area contributed by atoms with E-state index in [0.717, 1.165) is 32.1 Å². The molecule has 420 valence electrons. The summed E-state index contributed by atoms with van der Waals surface area (Å²) in [5.41, 5.74) is 1.07. The standard InChI is InChI=1S/C51H84O22/c1-20(19-65-45-39(60)38(59)35(56)30(17-52)69-45)9-14-51(64)21(2)32-29(73-51)16-28-26-8-7-24-15-25(10-12-49(24,5)27(26)11-13-50(28,32)6)68-48-44(72-47-41(62)37(58)34(55)23(4)67-47)42(63)43(31(18-53)70-48)71-46-40(61)36(57)33(54)22(3)66-46/h7,20-23,25-48,52-64H,8-19H2,1-6H3/t20?,21-,22?,23?,25?,26+,27-,28-,29-,30?,31?,32-,33?,34?,35?,36?,37?,38?,39?,40?,41?,42?,43?,44?,45?,46?,47?,48?,49-,50-,51?/m0/s1. The lowest BCUT2D eigenvalue weighted by molar-refractivity contribution is -0.388. The molecule has 0 aromatic rings. The number of rotatable bonds is 14. The molecular weight excluding hydrogens is 965 g/mol. The zero-order chi connectivity index (χ0) is 52.8. The molecule has 0 spiro atoms. The minimum Gasteiger partial charge on any atom is -0.394 e. The van der Waals surface area contributed by atoms with Gasteiger partial charge in [0.1, 0.15) is 85.5 Å². The molecule has 0 aromatic carbocycles. The Hall–Kier alpha value is -1.14. The monoisotopic (exact) mass is 1050 g/mol. The highest BCUT2D eigenvalue weighted by molar-refractivity contribution is 5.26. The van der Waals surface area contributed by atoms with Gasteiger partial charge in [0.05, 0.1) is 44.2 Å². The third kappa shape index (κ3) is 10.2. The van der Waals surface area contributed by atoms with E-state index >= 15 is 0 Å². The average Bonchev–Trinajstić information content (AvgIpc) is 3.80. The molecule has 8 fully saturated rings. The lowest BCUT2D eigenvalue weighted by Crippen LogP contribution is -2.66. The van der Waals surface area contributed by atoms with Gasteiger partial charge in [-0.2, -0.15) is 0 Å². The quantitative estimate of drug-likeness (QED) is 0.0839. The minimum absolute atomic E-state index is 0.0589. The number of hydrogen-bond donors (Lipinski definition) is 13. The lowest BCUT2D eigenvalue weighted by atomic mass is 9.47. The Morgan fingerprint density at radius 2 is 1.23 bits per heavy atom. The van der Waals surface area contributed by atoms with Crippen LogP contribution in [0.3, 0.4) is 0 Å². The molecule has 5 aliphatic heterocycles. The number of hydrogen-bond acceptors (Lipinski definition) is 22. The molecule has 31 atom stereocenters. The normalized spacial score (nSPS) is 55.5. The molecule has 9 aliphatic rings. The summed E-state index contributed by atoms with van der Waals surface area (Å²) in [4.78, 5) is 0. The van der Waals surface area contributed by atoms with E-state index in [1.807, 2.05) is 6.92 Å². The summed E-state index contributed by atoms with van der Waals surface area (Å²) in [6, 6.07) is 0. The van der Waals surface area contributed by atoms with E-state index in [2.05, 4.69) is 26.8 Å². The van der Waals surface area contributed by atoms with Crippen molar-refractivity contribution in [2.24, 2.45) is 46.3 Å². The van der Waals surface area contributed by atoms with Crippen LogP contribution in [0.25, 0.3) is 0 Å². The summed E-state index contributed by atoms with van der Waals surface area (Å²) in [5, 5.41) is 139. The zero-order valence-electron chi connectivity index (χ0n) is 42.7. The number of aliphatic hydroxyl groups excluding tert-OH is 12. The fourth-order valence-corrected chi connectivity index (χ4v) is 14.9. The van der Waals surface area contributed by atoms with Crippen LogP contribution in [0.5, 0.6) is 0 Å². The van der Waals surface area contributed by atoms with Gasteiger partial charge in [0.2, 0.25) is 0 Å². The molecule has 0 radical (unpaired) electrons. The van der Waals surface area contributed by atoms with E-state index in [-0.39, 0.29) is 41.3 Å². The zero-order valence-corrected chi connectivity index (χ0v) is 42.7. The Balaban J connectivity index is 0.846. The Kier molecular flexibility index (Phi) is 16.9. The van der Waals surface area contributed by atoms with Gasteiger partial charge >= 0.3 is 0 Å². The van der Waals surface area contributed by atoms with Gasteiger partial charge in [-0.3, -0.25) is 0 Å². The molecule has 73 heavy (non-hydrogen) atoms. The van der Waals surface area contributed by atoms with Crippen molar-refractivity contribution < 1.29 is 109 Å². The van der Waals surface area contributed by atoms with Crippen LogP contribution in [0, 0.1) is 46.3 Å². The SMILES string of the molecule is CC(CCC1(O)O[C@H]2C[C@H]3[C@@H]4CC=C5CC(OC6OC(CO)C(OC7OC(C)C(O)C(O)C7O)C(O)C6OC6OC(C)C(O)C(O)C6O)CC[C@]5(C)[C@H]4CC[C@]3(C)[C@H]2[C@@H]1C)COC1OC(CO)C(O)C(O)C1O. The molecule has 5 saturated heterocycles. The Morgan fingerprint density at radius 1 is 0.644 bits per heavy atom. The van der Waals surface area contributed by atoms with Crippen molar-refractivity contribution in [1.29, 1.82) is 0 Å². The Morgan fingerprint density at radius 3 is 1.86 bits per heavy atom. The molecule has 0 amide bonds. The first kappa shape index (κ1) is 56.6. The van der Waals surface area contributed by atoms with Crippen molar-refractivity contribution in [1.82, 2.24) is 0 Å². The predicted octanol–water partition coefficient (Wildman–Crippen LogP) is -1.98. The predicted molar refractivity (Wildman–Crippen MR) is 249 cm³/mol. The number of ether oxygens (including phenoxy) is 9. The van der Waals surface area contributed by atoms with E-state index in [4.69, 9.17) is 42.6 Å². The summed E-state index contributed by atoms with van der Waals surface area (Å²) in [7, 11) is 0. The molecule has 3 saturated carbocycles. The largest absolute Gasteiger partial charge is 0.394 e. The molecule has 13 N–H and O–H groups in total. The van der Waals surface area contributed by atoms with Gasteiger partial charge in [-0.1, -0.05) is 39.3 Å². The second kappa shape index (κ2) is 21.8. The summed E-state index contributed by atoms with van der Waals surface area (Å²) in [6.07, 6.45) is -20.5. The molecule has 23 unspecified atom stereocenters. The highest BCUT2D eigenvalue weighted by atomic mass is 16.8. The van der Waals surface area contributed by atoms with Crippen LogP contribution in [0.1, 0.15) is 99.3 Å². The molecule has 9 rings (SSSR count). The number of allylic oxidation sites excluding steroid dienone is 1. The summed E-state index contributed by atoms with van der Waals surface area (Å²) in [6.45, 7) is 10.7. The van der Waals surface area contributed by atoms with Gasteiger partial charge in [-0.25, -0.2) is 0 Å². The maximum absolute atomic E-state index is 12.1.